The molecule has 1 aromatic heterocycles. The van der Waals surface area contributed by atoms with Gasteiger partial charge < -0.3 is 20.1 Å². The molecule has 4 rings (SSSR count). The van der Waals surface area contributed by atoms with Crippen LogP contribution in [0.5, 0.6) is 11.5 Å². The number of anilines is 2. The van der Waals surface area contributed by atoms with Gasteiger partial charge in [-0.05, 0) is 31.2 Å². The Bertz CT molecular complexity index is 1010. The van der Waals surface area contributed by atoms with Crippen molar-refractivity contribution in [2.24, 2.45) is 0 Å². The number of fused-ring (bicyclic) bond motifs is 2. The third-order valence-corrected chi connectivity index (χ3v) is 4.99. The molecule has 2 N–H and O–H groups in total. The molecule has 0 saturated heterocycles. The fraction of sp³-hybridized carbons (Fsp3) is 0.250. The zero-order valence-corrected chi connectivity index (χ0v) is 16.2. The van der Waals surface area contributed by atoms with Crippen molar-refractivity contribution in [3.63, 3.8) is 0 Å². The molecule has 7 nitrogen and oxygen atoms in total. The lowest BCUT2D eigenvalue weighted by molar-refractivity contribution is -0.115. The first kappa shape index (κ1) is 18.4. The average molecular weight is 396 g/mol. The lowest BCUT2D eigenvalue weighted by atomic mass is 10.2. The van der Waals surface area contributed by atoms with Crippen molar-refractivity contribution in [3.05, 3.63) is 42.5 Å². The zero-order valence-electron chi connectivity index (χ0n) is 15.4. The van der Waals surface area contributed by atoms with Gasteiger partial charge in [0.25, 0.3) is 0 Å². The van der Waals surface area contributed by atoms with Gasteiger partial charge in [0, 0.05) is 35.9 Å². The highest BCUT2D eigenvalue weighted by Gasteiger charge is 2.14. The van der Waals surface area contributed by atoms with E-state index in [-0.39, 0.29) is 12.7 Å². The van der Waals surface area contributed by atoms with E-state index in [1.807, 2.05) is 31.2 Å². The Balaban J connectivity index is 1.36. The lowest BCUT2D eigenvalue weighted by Gasteiger charge is -2.09. The Morgan fingerprint density at radius 2 is 2.00 bits per heavy atom. The SMILES string of the molecule is CCNc1nc(SCCC(=O)Nc2ccc3c(c2)OCO3)nc2ccccc12. The molecule has 3 aromatic rings. The van der Waals surface area contributed by atoms with E-state index < -0.39 is 0 Å². The number of carbonyl (C=O) groups excluding carboxylic acids is 1. The molecule has 1 aliphatic heterocycles. The smallest absolute Gasteiger partial charge is 0.231 e. The minimum atomic E-state index is -0.0703. The summed E-state index contributed by atoms with van der Waals surface area (Å²) < 4.78 is 10.6. The fourth-order valence-corrected chi connectivity index (χ4v) is 3.64. The second kappa shape index (κ2) is 8.35. The zero-order chi connectivity index (χ0) is 19.3. The quantitative estimate of drug-likeness (QED) is 0.462. The summed E-state index contributed by atoms with van der Waals surface area (Å²) in [5, 5.41) is 7.81. The van der Waals surface area contributed by atoms with Crippen molar-refractivity contribution < 1.29 is 14.3 Å². The van der Waals surface area contributed by atoms with Crippen LogP contribution in [0.4, 0.5) is 11.5 Å². The largest absolute Gasteiger partial charge is 0.454 e. The van der Waals surface area contributed by atoms with E-state index in [9.17, 15) is 4.79 Å². The van der Waals surface area contributed by atoms with Gasteiger partial charge in [-0.25, -0.2) is 9.97 Å². The van der Waals surface area contributed by atoms with Crippen molar-refractivity contribution in [2.75, 3.05) is 29.7 Å². The number of thioether (sulfide) groups is 1. The molecule has 0 aliphatic carbocycles. The average Bonchev–Trinajstić information content (AvgIpc) is 3.16. The molecular weight excluding hydrogens is 376 g/mol. The van der Waals surface area contributed by atoms with E-state index in [2.05, 4.69) is 20.6 Å². The van der Waals surface area contributed by atoms with Gasteiger partial charge in [-0.2, -0.15) is 0 Å². The number of ether oxygens (including phenoxy) is 2. The second-order valence-electron chi connectivity index (χ2n) is 6.12. The summed E-state index contributed by atoms with van der Waals surface area (Å²) in [4.78, 5) is 21.4. The predicted molar refractivity (Wildman–Crippen MR) is 110 cm³/mol. The maximum atomic E-state index is 12.2. The van der Waals surface area contributed by atoms with Crippen LogP contribution in [-0.2, 0) is 4.79 Å². The van der Waals surface area contributed by atoms with Crippen LogP contribution < -0.4 is 20.1 Å². The first-order valence-electron chi connectivity index (χ1n) is 9.06. The summed E-state index contributed by atoms with van der Waals surface area (Å²) in [5.41, 5.74) is 1.58. The number of hydrogen-bond donors (Lipinski definition) is 2. The Morgan fingerprint density at radius 1 is 1.14 bits per heavy atom. The van der Waals surface area contributed by atoms with Gasteiger partial charge in [-0.1, -0.05) is 23.9 Å². The molecule has 8 heteroatoms. The van der Waals surface area contributed by atoms with Crippen LogP contribution in [0.25, 0.3) is 10.9 Å². The van der Waals surface area contributed by atoms with Gasteiger partial charge in [0.15, 0.2) is 16.7 Å². The number of carbonyl (C=O) groups is 1. The standard InChI is InChI=1S/C20H20N4O3S/c1-2-21-19-14-5-3-4-6-15(14)23-20(24-19)28-10-9-18(25)22-13-7-8-16-17(11-13)27-12-26-16/h3-8,11H,2,9-10,12H2,1H3,(H,22,25)(H,21,23,24). The first-order chi connectivity index (χ1) is 13.7. The van der Waals surface area contributed by atoms with Crippen molar-refractivity contribution in [2.45, 2.75) is 18.5 Å². The lowest BCUT2D eigenvalue weighted by Crippen LogP contribution is -2.12. The van der Waals surface area contributed by atoms with Gasteiger partial charge in [0.1, 0.15) is 5.82 Å². The molecule has 28 heavy (non-hydrogen) atoms. The predicted octanol–water partition coefficient (Wildman–Crippen LogP) is 3.91. The van der Waals surface area contributed by atoms with Crippen molar-refractivity contribution >= 4 is 40.1 Å². The van der Waals surface area contributed by atoms with Crippen molar-refractivity contribution in [3.8, 4) is 11.5 Å². The summed E-state index contributed by atoms with van der Waals surface area (Å²) in [6.45, 7) is 3.03. The summed E-state index contributed by atoms with van der Waals surface area (Å²) in [6, 6.07) is 13.3. The molecule has 1 amide bonds. The molecule has 2 aromatic carbocycles. The van der Waals surface area contributed by atoms with Crippen LogP contribution in [0.2, 0.25) is 0 Å². The van der Waals surface area contributed by atoms with Crippen LogP contribution in [-0.4, -0.2) is 35.0 Å². The Labute approximate surface area is 166 Å². The molecule has 0 unspecified atom stereocenters. The Hall–Kier alpha value is -3.00. The fourth-order valence-electron chi connectivity index (χ4n) is 2.85. The van der Waals surface area contributed by atoms with Gasteiger partial charge in [0.2, 0.25) is 12.7 Å². The molecular formula is C20H20N4O3S. The van der Waals surface area contributed by atoms with E-state index >= 15 is 0 Å². The highest BCUT2D eigenvalue weighted by atomic mass is 32.2. The van der Waals surface area contributed by atoms with E-state index in [1.54, 1.807) is 18.2 Å². The van der Waals surface area contributed by atoms with Gasteiger partial charge in [0.05, 0.1) is 5.52 Å². The van der Waals surface area contributed by atoms with Gasteiger partial charge >= 0.3 is 0 Å². The molecule has 144 valence electrons. The summed E-state index contributed by atoms with van der Waals surface area (Å²) in [5.74, 6) is 2.67. The van der Waals surface area contributed by atoms with Gasteiger partial charge in [-0.15, -0.1) is 0 Å². The number of benzene rings is 2. The number of aromatic nitrogens is 2. The summed E-state index contributed by atoms with van der Waals surface area (Å²) in [7, 11) is 0. The minimum absolute atomic E-state index is 0.0703. The molecule has 1 aliphatic rings. The number of rotatable bonds is 7. The van der Waals surface area contributed by atoms with Crippen LogP contribution in [0.3, 0.4) is 0 Å². The summed E-state index contributed by atoms with van der Waals surface area (Å²) in [6.07, 6.45) is 0.353. The van der Waals surface area contributed by atoms with Crippen LogP contribution in [0.1, 0.15) is 13.3 Å². The number of nitrogens with one attached hydrogen (secondary N) is 2. The Kier molecular flexibility index (Phi) is 5.48. The molecule has 0 atom stereocenters. The third kappa shape index (κ3) is 4.12. The van der Waals surface area contributed by atoms with E-state index in [4.69, 9.17) is 9.47 Å². The Morgan fingerprint density at radius 3 is 2.89 bits per heavy atom. The normalized spacial score (nSPS) is 12.2. The maximum Gasteiger partial charge on any atom is 0.231 e. The highest BCUT2D eigenvalue weighted by molar-refractivity contribution is 7.99. The second-order valence-corrected chi connectivity index (χ2v) is 7.18. The molecule has 0 spiro atoms. The van der Waals surface area contributed by atoms with Crippen molar-refractivity contribution in [1.29, 1.82) is 0 Å². The minimum Gasteiger partial charge on any atom is -0.454 e. The highest BCUT2D eigenvalue weighted by Crippen LogP contribution is 2.34. The van der Waals surface area contributed by atoms with Crippen molar-refractivity contribution in [1.82, 2.24) is 9.97 Å². The van der Waals surface area contributed by atoms with E-state index in [1.165, 1.54) is 11.8 Å². The van der Waals surface area contributed by atoms with Crippen LogP contribution in [0, 0.1) is 0 Å². The molecule has 0 bridgehead atoms. The molecule has 2 heterocycles. The maximum absolute atomic E-state index is 12.2. The number of nitrogens with zero attached hydrogens (tertiary/aromatic N) is 2. The molecule has 0 saturated carbocycles. The van der Waals surface area contributed by atoms with E-state index in [0.717, 1.165) is 23.3 Å². The molecule has 0 radical (unpaired) electrons. The molecule has 0 fully saturated rings. The number of hydrogen-bond acceptors (Lipinski definition) is 7. The summed E-state index contributed by atoms with van der Waals surface area (Å²) >= 11 is 1.47. The van der Waals surface area contributed by atoms with Gasteiger partial charge in [-0.3, -0.25) is 4.79 Å². The van der Waals surface area contributed by atoms with Crippen LogP contribution >= 0.6 is 11.8 Å². The first-order valence-corrected chi connectivity index (χ1v) is 10.0. The third-order valence-electron chi connectivity index (χ3n) is 4.14. The number of para-hydroxylation sites is 1. The topological polar surface area (TPSA) is 85.4 Å². The number of amides is 1. The monoisotopic (exact) mass is 396 g/mol. The van der Waals surface area contributed by atoms with Crippen LogP contribution in [0.15, 0.2) is 47.6 Å². The van der Waals surface area contributed by atoms with E-state index in [0.29, 0.717) is 34.5 Å².